The lowest BCUT2D eigenvalue weighted by atomic mass is 10.1. The molecule has 1 aromatic carbocycles. The predicted molar refractivity (Wildman–Crippen MR) is 79.4 cm³/mol. The Morgan fingerprint density at radius 3 is 2.86 bits per heavy atom. The van der Waals surface area contributed by atoms with Crippen LogP contribution in [-0.4, -0.2) is 35.4 Å². The molecule has 4 N–H and O–H groups in total. The molecule has 21 heavy (non-hydrogen) atoms. The van der Waals surface area contributed by atoms with E-state index in [-0.39, 0.29) is 24.8 Å². The first-order valence-corrected chi connectivity index (χ1v) is 6.58. The van der Waals surface area contributed by atoms with E-state index in [2.05, 4.69) is 10.6 Å². The van der Waals surface area contributed by atoms with Crippen molar-refractivity contribution in [2.45, 2.75) is 13.0 Å². The van der Waals surface area contributed by atoms with Gasteiger partial charge in [-0.1, -0.05) is 6.07 Å². The van der Waals surface area contributed by atoms with Crippen LogP contribution in [0.2, 0.25) is 0 Å². The Morgan fingerprint density at radius 2 is 2.19 bits per heavy atom. The van der Waals surface area contributed by atoms with Crippen molar-refractivity contribution in [2.75, 3.05) is 23.8 Å². The molecule has 0 aliphatic carbocycles. The number of hydrogen-bond acceptors (Lipinski definition) is 5. The van der Waals surface area contributed by atoms with Gasteiger partial charge in [-0.2, -0.15) is 0 Å². The number of amides is 1. The molecule has 6 nitrogen and oxygen atoms in total. The van der Waals surface area contributed by atoms with Gasteiger partial charge in [-0.3, -0.25) is 4.79 Å². The van der Waals surface area contributed by atoms with Gasteiger partial charge in [0.2, 0.25) is 0 Å². The predicted octanol–water partition coefficient (Wildman–Crippen LogP) is 1.61. The first-order chi connectivity index (χ1) is 10.1. The van der Waals surface area contributed by atoms with E-state index < -0.39 is 6.10 Å². The fourth-order valence-corrected chi connectivity index (χ4v) is 1.78. The first kappa shape index (κ1) is 15.1. The maximum Gasteiger partial charge on any atom is 0.291 e. The van der Waals surface area contributed by atoms with E-state index in [1.807, 2.05) is 13.0 Å². The normalized spacial score (nSPS) is 12.0. The summed E-state index contributed by atoms with van der Waals surface area (Å²) in [7, 11) is 0. The monoisotopic (exact) mass is 290 g/mol. The lowest BCUT2D eigenvalue weighted by Crippen LogP contribution is -2.23. The Morgan fingerprint density at radius 1 is 1.38 bits per heavy atom. The summed E-state index contributed by atoms with van der Waals surface area (Å²) in [6.07, 6.45) is 0.610. The van der Waals surface area contributed by atoms with Crippen molar-refractivity contribution < 1.29 is 19.4 Å². The lowest BCUT2D eigenvalue weighted by Gasteiger charge is -2.14. The lowest BCUT2D eigenvalue weighted by molar-refractivity contribution is 0.0996. The van der Waals surface area contributed by atoms with Crippen LogP contribution in [0.4, 0.5) is 11.4 Å². The van der Waals surface area contributed by atoms with E-state index in [0.29, 0.717) is 5.69 Å². The van der Waals surface area contributed by atoms with Gasteiger partial charge in [-0.05, 0) is 36.8 Å². The van der Waals surface area contributed by atoms with Gasteiger partial charge in [0.05, 0.1) is 19.0 Å². The highest BCUT2D eigenvalue weighted by atomic mass is 16.3. The molecule has 0 bridgehead atoms. The SMILES string of the molecule is Cc1ccc(NC(=O)c2ccco2)cc1NCC(O)CO. The van der Waals surface area contributed by atoms with Crippen molar-refractivity contribution in [3.63, 3.8) is 0 Å². The molecular weight excluding hydrogens is 272 g/mol. The largest absolute Gasteiger partial charge is 0.459 e. The summed E-state index contributed by atoms with van der Waals surface area (Å²) in [6.45, 7) is 1.83. The maximum atomic E-state index is 11.9. The van der Waals surface area contributed by atoms with Gasteiger partial charge < -0.3 is 25.3 Å². The summed E-state index contributed by atoms with van der Waals surface area (Å²) in [4.78, 5) is 11.9. The molecule has 0 saturated heterocycles. The number of furan rings is 1. The molecule has 0 fully saturated rings. The number of carbonyl (C=O) groups is 1. The van der Waals surface area contributed by atoms with Crippen molar-refractivity contribution in [3.05, 3.63) is 47.9 Å². The zero-order valence-corrected chi connectivity index (χ0v) is 11.7. The Labute approximate surface area is 122 Å². The summed E-state index contributed by atoms with van der Waals surface area (Å²) in [5.41, 5.74) is 2.36. The Bertz CT molecular complexity index is 596. The summed E-state index contributed by atoms with van der Waals surface area (Å²) < 4.78 is 5.03. The molecule has 2 aromatic rings. The van der Waals surface area contributed by atoms with Gasteiger partial charge in [0.1, 0.15) is 0 Å². The van der Waals surface area contributed by atoms with Crippen LogP contribution in [0.5, 0.6) is 0 Å². The summed E-state index contributed by atoms with van der Waals surface area (Å²) >= 11 is 0. The van der Waals surface area contributed by atoms with Crippen LogP contribution in [0.25, 0.3) is 0 Å². The molecule has 1 amide bonds. The van der Waals surface area contributed by atoms with E-state index in [1.54, 1.807) is 24.3 Å². The number of hydrogen-bond donors (Lipinski definition) is 4. The van der Waals surface area contributed by atoms with Crippen LogP contribution in [0.1, 0.15) is 16.1 Å². The minimum Gasteiger partial charge on any atom is -0.459 e. The molecule has 0 aliphatic heterocycles. The maximum absolute atomic E-state index is 11.9. The number of nitrogens with one attached hydrogen (secondary N) is 2. The molecule has 1 heterocycles. The molecular formula is C15H18N2O4. The van der Waals surface area contributed by atoms with Crippen molar-refractivity contribution in [1.29, 1.82) is 0 Å². The molecule has 0 saturated carbocycles. The summed E-state index contributed by atoms with van der Waals surface area (Å²) in [5.74, 6) is -0.0917. The number of aliphatic hydroxyl groups excluding tert-OH is 2. The molecule has 1 unspecified atom stereocenters. The highest BCUT2D eigenvalue weighted by molar-refractivity contribution is 6.02. The minimum atomic E-state index is -0.828. The van der Waals surface area contributed by atoms with Crippen molar-refractivity contribution in [1.82, 2.24) is 0 Å². The zero-order chi connectivity index (χ0) is 15.2. The molecule has 0 radical (unpaired) electrons. The highest BCUT2D eigenvalue weighted by Crippen LogP contribution is 2.21. The molecule has 2 rings (SSSR count). The second kappa shape index (κ2) is 6.92. The fraction of sp³-hybridized carbons (Fsp3) is 0.267. The van der Waals surface area contributed by atoms with E-state index in [9.17, 15) is 9.90 Å². The standard InChI is InChI=1S/C15H18N2O4/c1-10-4-5-11(7-13(10)16-8-12(19)9-18)17-15(20)14-3-2-6-21-14/h2-7,12,16,18-19H,8-9H2,1H3,(H,17,20). The van der Waals surface area contributed by atoms with Gasteiger partial charge in [0.15, 0.2) is 5.76 Å². The molecule has 1 aromatic heterocycles. The quantitative estimate of drug-likeness (QED) is 0.648. The second-order valence-electron chi connectivity index (χ2n) is 4.68. The van der Waals surface area contributed by atoms with Gasteiger partial charge in [-0.25, -0.2) is 0 Å². The van der Waals surface area contributed by atoms with Crippen molar-refractivity contribution in [3.8, 4) is 0 Å². The fourth-order valence-electron chi connectivity index (χ4n) is 1.78. The van der Waals surface area contributed by atoms with Gasteiger partial charge in [0.25, 0.3) is 5.91 Å². The third kappa shape index (κ3) is 4.08. The average molecular weight is 290 g/mol. The number of benzene rings is 1. The third-order valence-corrected chi connectivity index (χ3v) is 2.98. The third-order valence-electron chi connectivity index (χ3n) is 2.98. The van der Waals surface area contributed by atoms with Gasteiger partial charge >= 0.3 is 0 Å². The summed E-state index contributed by atoms with van der Waals surface area (Å²) in [5, 5.41) is 23.9. The van der Waals surface area contributed by atoms with E-state index in [4.69, 9.17) is 9.52 Å². The van der Waals surface area contributed by atoms with Gasteiger partial charge in [-0.15, -0.1) is 0 Å². The molecule has 0 spiro atoms. The second-order valence-corrected chi connectivity index (χ2v) is 4.68. The van der Waals surface area contributed by atoms with Crippen LogP contribution < -0.4 is 10.6 Å². The van der Waals surface area contributed by atoms with Crippen LogP contribution in [0, 0.1) is 6.92 Å². The molecule has 1 atom stereocenters. The molecule has 0 aliphatic rings. The van der Waals surface area contributed by atoms with Crippen LogP contribution in [-0.2, 0) is 0 Å². The zero-order valence-electron chi connectivity index (χ0n) is 11.7. The van der Waals surface area contributed by atoms with Crippen LogP contribution in [0.3, 0.4) is 0 Å². The molecule has 6 heteroatoms. The van der Waals surface area contributed by atoms with E-state index in [1.165, 1.54) is 6.26 Å². The smallest absolute Gasteiger partial charge is 0.291 e. The topological polar surface area (TPSA) is 94.7 Å². The van der Waals surface area contributed by atoms with Crippen LogP contribution >= 0.6 is 0 Å². The number of carbonyl (C=O) groups excluding carboxylic acids is 1. The van der Waals surface area contributed by atoms with E-state index >= 15 is 0 Å². The molecule has 112 valence electrons. The van der Waals surface area contributed by atoms with Crippen molar-refractivity contribution in [2.24, 2.45) is 0 Å². The number of anilines is 2. The summed E-state index contributed by atoms with van der Waals surface area (Å²) in [6, 6.07) is 8.63. The van der Waals surface area contributed by atoms with Crippen LogP contribution in [0.15, 0.2) is 41.0 Å². The number of aliphatic hydroxyl groups is 2. The Hall–Kier alpha value is -2.31. The van der Waals surface area contributed by atoms with E-state index in [0.717, 1.165) is 11.3 Å². The highest BCUT2D eigenvalue weighted by Gasteiger charge is 2.10. The minimum absolute atomic E-state index is 0.229. The van der Waals surface area contributed by atoms with Gasteiger partial charge in [0, 0.05) is 17.9 Å². The first-order valence-electron chi connectivity index (χ1n) is 6.58. The van der Waals surface area contributed by atoms with Crippen molar-refractivity contribution >= 4 is 17.3 Å². The Balaban J connectivity index is 2.05. The number of aryl methyl sites for hydroxylation is 1. The number of rotatable bonds is 6. The Kier molecular flexibility index (Phi) is 4.97. The average Bonchev–Trinajstić information content (AvgIpc) is 3.01.